The molecule has 0 radical (unpaired) electrons. The number of anilines is 1. The molecule has 2 rings (SSSR count). The predicted octanol–water partition coefficient (Wildman–Crippen LogP) is 1.17. The number of benzene rings is 1. The fourth-order valence-electron chi connectivity index (χ4n) is 2.29. The molecule has 2 unspecified atom stereocenters. The normalized spacial score (nSPS) is 17.9. The summed E-state index contributed by atoms with van der Waals surface area (Å²) < 4.78 is 5.47. The summed E-state index contributed by atoms with van der Waals surface area (Å²) in [5.74, 6) is -1.55. The molecule has 2 N–H and O–H groups in total. The summed E-state index contributed by atoms with van der Waals surface area (Å²) in [5.41, 5.74) is 0.471. The van der Waals surface area contributed by atoms with Crippen LogP contribution in [0.15, 0.2) is 24.3 Å². The third-order valence-corrected chi connectivity index (χ3v) is 3.65. The molecule has 0 saturated carbocycles. The monoisotopic (exact) mass is 320 g/mol. The van der Waals surface area contributed by atoms with Crippen molar-refractivity contribution in [1.29, 1.82) is 0 Å². The molecule has 7 nitrogen and oxygen atoms in total. The summed E-state index contributed by atoms with van der Waals surface area (Å²) in [4.78, 5) is 36.8. The van der Waals surface area contributed by atoms with Crippen molar-refractivity contribution in [3.63, 3.8) is 0 Å². The van der Waals surface area contributed by atoms with Gasteiger partial charge in [0.25, 0.3) is 5.91 Å². The lowest BCUT2D eigenvalue weighted by molar-refractivity contribution is -0.142. The zero-order valence-electron chi connectivity index (χ0n) is 13.1. The molecule has 0 bridgehead atoms. The number of ether oxygens (including phenoxy) is 1. The Kier molecular flexibility index (Phi) is 5.20. The quantitative estimate of drug-likeness (QED) is 0.820. The fraction of sp³-hybridized carbons (Fsp3) is 0.438. The summed E-state index contributed by atoms with van der Waals surface area (Å²) in [6, 6.07) is 6.77. The largest absolute Gasteiger partial charge is 0.481 e. The van der Waals surface area contributed by atoms with Crippen molar-refractivity contribution in [2.45, 2.75) is 38.8 Å². The molecule has 1 aromatic carbocycles. The molecule has 0 spiro atoms. The lowest BCUT2D eigenvalue weighted by Gasteiger charge is -2.33. The zero-order chi connectivity index (χ0) is 17.0. The number of carboxylic acid groups (broad SMARTS) is 1. The SMILES string of the molecule is CCC(C)NC(=O)CN1C(=O)C(CC(=O)O)Oc2ccccc21. The van der Waals surface area contributed by atoms with Crippen LogP contribution < -0.4 is 15.0 Å². The number of fused-ring (bicyclic) bond motifs is 1. The second-order valence-corrected chi connectivity index (χ2v) is 5.47. The topological polar surface area (TPSA) is 95.9 Å². The number of rotatable bonds is 6. The van der Waals surface area contributed by atoms with Crippen molar-refractivity contribution in [3.05, 3.63) is 24.3 Å². The number of carboxylic acids is 1. The van der Waals surface area contributed by atoms with E-state index in [1.54, 1.807) is 24.3 Å². The summed E-state index contributed by atoms with van der Waals surface area (Å²) >= 11 is 0. The van der Waals surface area contributed by atoms with Crippen LogP contribution in [0.5, 0.6) is 5.75 Å². The van der Waals surface area contributed by atoms with Crippen LogP contribution in [0.2, 0.25) is 0 Å². The number of para-hydroxylation sites is 2. The van der Waals surface area contributed by atoms with Crippen molar-refractivity contribution < 1.29 is 24.2 Å². The van der Waals surface area contributed by atoms with Crippen molar-refractivity contribution >= 4 is 23.5 Å². The minimum atomic E-state index is -1.13. The van der Waals surface area contributed by atoms with E-state index in [0.717, 1.165) is 6.42 Å². The van der Waals surface area contributed by atoms with Crippen LogP contribution >= 0.6 is 0 Å². The molecule has 2 amide bonds. The Morgan fingerprint density at radius 1 is 1.39 bits per heavy atom. The highest BCUT2D eigenvalue weighted by atomic mass is 16.5. The second kappa shape index (κ2) is 7.13. The summed E-state index contributed by atoms with van der Waals surface area (Å²) in [6.07, 6.45) is -0.795. The smallest absolute Gasteiger partial charge is 0.307 e. The van der Waals surface area contributed by atoms with Gasteiger partial charge in [-0.2, -0.15) is 0 Å². The fourth-order valence-corrected chi connectivity index (χ4v) is 2.29. The molecule has 124 valence electrons. The van der Waals surface area contributed by atoms with Crippen molar-refractivity contribution in [2.75, 3.05) is 11.4 Å². The van der Waals surface area contributed by atoms with E-state index in [1.165, 1.54) is 4.90 Å². The number of nitrogens with one attached hydrogen (secondary N) is 1. The van der Waals surface area contributed by atoms with E-state index in [0.29, 0.717) is 11.4 Å². The van der Waals surface area contributed by atoms with Crippen LogP contribution in [-0.4, -0.2) is 41.6 Å². The van der Waals surface area contributed by atoms with Gasteiger partial charge >= 0.3 is 5.97 Å². The number of amides is 2. The Balaban J connectivity index is 2.22. The zero-order valence-corrected chi connectivity index (χ0v) is 13.1. The first-order chi connectivity index (χ1) is 10.9. The average molecular weight is 320 g/mol. The van der Waals surface area contributed by atoms with Gasteiger partial charge in [-0.1, -0.05) is 19.1 Å². The molecule has 0 aliphatic carbocycles. The molecule has 1 heterocycles. The minimum absolute atomic E-state index is 0.00343. The molecule has 0 fully saturated rings. The van der Waals surface area contributed by atoms with Gasteiger partial charge in [0.2, 0.25) is 5.91 Å². The van der Waals surface area contributed by atoms with Crippen LogP contribution in [0.25, 0.3) is 0 Å². The lowest BCUT2D eigenvalue weighted by Crippen LogP contribution is -2.51. The van der Waals surface area contributed by atoms with E-state index in [1.807, 2.05) is 13.8 Å². The Hall–Kier alpha value is -2.57. The summed E-state index contributed by atoms with van der Waals surface area (Å²) in [6.45, 7) is 3.66. The molecular formula is C16H20N2O5. The first kappa shape index (κ1) is 16.8. The van der Waals surface area contributed by atoms with Gasteiger partial charge in [0.15, 0.2) is 6.10 Å². The highest BCUT2D eigenvalue weighted by Gasteiger charge is 2.36. The van der Waals surface area contributed by atoms with Crippen molar-refractivity contribution in [3.8, 4) is 5.75 Å². The summed E-state index contributed by atoms with van der Waals surface area (Å²) in [5, 5.41) is 11.7. The number of hydrogen-bond donors (Lipinski definition) is 2. The number of aliphatic carboxylic acids is 1. The van der Waals surface area contributed by atoms with E-state index in [9.17, 15) is 14.4 Å². The maximum atomic E-state index is 12.5. The number of carbonyl (C=O) groups is 3. The molecular weight excluding hydrogens is 300 g/mol. The van der Waals surface area contributed by atoms with Crippen LogP contribution in [-0.2, 0) is 14.4 Å². The van der Waals surface area contributed by atoms with E-state index in [4.69, 9.17) is 9.84 Å². The average Bonchev–Trinajstić information content (AvgIpc) is 2.50. The van der Waals surface area contributed by atoms with Crippen molar-refractivity contribution in [2.24, 2.45) is 0 Å². The molecule has 0 saturated heterocycles. The van der Waals surface area contributed by atoms with Crippen LogP contribution in [0.1, 0.15) is 26.7 Å². The van der Waals surface area contributed by atoms with Gasteiger partial charge in [-0.25, -0.2) is 0 Å². The number of nitrogens with zero attached hydrogens (tertiary/aromatic N) is 1. The molecule has 2 atom stereocenters. The highest BCUT2D eigenvalue weighted by molar-refractivity contribution is 6.04. The Labute approximate surface area is 134 Å². The van der Waals surface area contributed by atoms with Gasteiger partial charge < -0.3 is 15.2 Å². The second-order valence-electron chi connectivity index (χ2n) is 5.47. The van der Waals surface area contributed by atoms with E-state index < -0.39 is 24.4 Å². The van der Waals surface area contributed by atoms with Crippen LogP contribution in [0.3, 0.4) is 0 Å². The van der Waals surface area contributed by atoms with Gasteiger partial charge in [-0.3, -0.25) is 19.3 Å². The Morgan fingerprint density at radius 2 is 2.09 bits per heavy atom. The van der Waals surface area contributed by atoms with Crippen molar-refractivity contribution in [1.82, 2.24) is 5.32 Å². The molecule has 7 heteroatoms. The Bertz CT molecular complexity index is 616. The molecule has 1 aromatic rings. The van der Waals surface area contributed by atoms with E-state index >= 15 is 0 Å². The first-order valence-electron chi connectivity index (χ1n) is 7.50. The summed E-state index contributed by atoms with van der Waals surface area (Å²) in [7, 11) is 0. The van der Waals surface area contributed by atoms with Gasteiger partial charge in [0.1, 0.15) is 12.3 Å². The molecule has 1 aliphatic heterocycles. The van der Waals surface area contributed by atoms with Gasteiger partial charge in [-0.05, 0) is 25.5 Å². The van der Waals surface area contributed by atoms with E-state index in [2.05, 4.69) is 5.32 Å². The maximum absolute atomic E-state index is 12.5. The third-order valence-electron chi connectivity index (χ3n) is 3.65. The van der Waals surface area contributed by atoms with Gasteiger partial charge in [0, 0.05) is 6.04 Å². The van der Waals surface area contributed by atoms with Gasteiger partial charge in [0.05, 0.1) is 12.1 Å². The third kappa shape index (κ3) is 4.00. The predicted molar refractivity (Wildman–Crippen MR) is 83.4 cm³/mol. The van der Waals surface area contributed by atoms with Crippen LogP contribution in [0, 0.1) is 0 Å². The molecule has 1 aliphatic rings. The molecule has 0 aromatic heterocycles. The number of carbonyl (C=O) groups excluding carboxylic acids is 2. The lowest BCUT2D eigenvalue weighted by atomic mass is 10.1. The Morgan fingerprint density at radius 3 is 2.74 bits per heavy atom. The highest BCUT2D eigenvalue weighted by Crippen LogP contribution is 2.34. The van der Waals surface area contributed by atoms with Crippen LogP contribution in [0.4, 0.5) is 5.69 Å². The van der Waals surface area contributed by atoms with E-state index in [-0.39, 0.29) is 18.5 Å². The van der Waals surface area contributed by atoms with Gasteiger partial charge in [-0.15, -0.1) is 0 Å². The number of hydrogen-bond acceptors (Lipinski definition) is 4. The minimum Gasteiger partial charge on any atom is -0.481 e. The maximum Gasteiger partial charge on any atom is 0.307 e. The first-order valence-corrected chi connectivity index (χ1v) is 7.50. The standard InChI is InChI=1S/C16H20N2O5/c1-3-10(2)17-14(19)9-18-11-6-4-5-7-12(11)23-13(16(18)22)8-15(20)21/h4-7,10,13H,3,8-9H2,1-2H3,(H,17,19)(H,20,21). The molecule has 23 heavy (non-hydrogen) atoms.